The molecule has 0 bridgehead atoms. The molecule has 0 aliphatic rings. The maximum absolute atomic E-state index is 13.6. The Morgan fingerprint density at radius 3 is 2.11 bits per heavy atom. The van der Waals surface area contributed by atoms with E-state index in [0.717, 1.165) is 13.8 Å². The molecule has 1 aromatic heterocycles. The molecule has 0 nitrogen and oxygen atoms in total. The van der Waals surface area contributed by atoms with Gasteiger partial charge in [-0.2, -0.15) is 0 Å². The standard InChI is InChI=1S/C13H10Br3FS/c1-6-3-8(4-7(2)12(6)17)11(15)10-5-9(14)13(16)18-10/h3-5,11H,1-2H3. The Morgan fingerprint density at radius 1 is 1.11 bits per heavy atom. The summed E-state index contributed by atoms with van der Waals surface area (Å²) in [5.41, 5.74) is 2.45. The van der Waals surface area contributed by atoms with Gasteiger partial charge < -0.3 is 0 Å². The van der Waals surface area contributed by atoms with Crippen LogP contribution in [0.1, 0.15) is 26.4 Å². The average molecular weight is 457 g/mol. The van der Waals surface area contributed by atoms with Gasteiger partial charge in [0.25, 0.3) is 0 Å². The molecule has 0 aliphatic carbocycles. The zero-order valence-corrected chi connectivity index (χ0v) is 15.3. The maximum atomic E-state index is 13.6. The van der Waals surface area contributed by atoms with Gasteiger partial charge in [-0.25, -0.2) is 4.39 Å². The third-order valence-electron chi connectivity index (χ3n) is 2.67. The molecular formula is C13H10Br3FS. The zero-order chi connectivity index (χ0) is 13.4. The molecule has 2 aromatic rings. The number of alkyl halides is 1. The highest BCUT2D eigenvalue weighted by atomic mass is 79.9. The first-order valence-corrected chi connectivity index (χ1v) is 8.57. The molecule has 0 radical (unpaired) electrons. The van der Waals surface area contributed by atoms with Crippen molar-refractivity contribution in [3.63, 3.8) is 0 Å². The predicted octanol–water partition coefficient (Wildman–Crippen LogP) is 6.51. The largest absolute Gasteiger partial charge is 0.206 e. The van der Waals surface area contributed by atoms with E-state index in [1.54, 1.807) is 25.2 Å². The van der Waals surface area contributed by atoms with Crippen molar-refractivity contribution in [3.8, 4) is 0 Å². The molecule has 1 aromatic carbocycles. The lowest BCUT2D eigenvalue weighted by molar-refractivity contribution is 0.608. The fourth-order valence-corrected chi connectivity index (χ4v) is 4.55. The lowest BCUT2D eigenvalue weighted by atomic mass is 10.0. The second kappa shape index (κ2) is 5.73. The van der Waals surface area contributed by atoms with E-state index in [1.807, 2.05) is 12.1 Å². The van der Waals surface area contributed by atoms with Crippen LogP contribution in [0.3, 0.4) is 0 Å². The molecule has 96 valence electrons. The van der Waals surface area contributed by atoms with E-state index in [0.29, 0.717) is 11.1 Å². The number of rotatable bonds is 2. The van der Waals surface area contributed by atoms with Gasteiger partial charge in [0, 0.05) is 9.35 Å². The van der Waals surface area contributed by atoms with Gasteiger partial charge in [0.15, 0.2) is 0 Å². The van der Waals surface area contributed by atoms with Gasteiger partial charge in [0.2, 0.25) is 0 Å². The molecule has 1 unspecified atom stereocenters. The number of thiophene rings is 1. The third-order valence-corrected chi connectivity index (χ3v) is 7.31. The van der Waals surface area contributed by atoms with Gasteiger partial charge in [0.05, 0.1) is 8.61 Å². The first-order valence-electron chi connectivity index (χ1n) is 5.25. The van der Waals surface area contributed by atoms with Crippen molar-refractivity contribution in [1.29, 1.82) is 0 Å². The van der Waals surface area contributed by atoms with E-state index in [4.69, 9.17) is 0 Å². The van der Waals surface area contributed by atoms with Crippen molar-refractivity contribution in [2.75, 3.05) is 0 Å². The average Bonchev–Trinajstić information content (AvgIpc) is 2.65. The number of hydrogen-bond acceptors (Lipinski definition) is 1. The normalized spacial score (nSPS) is 12.8. The zero-order valence-electron chi connectivity index (χ0n) is 9.73. The molecule has 0 N–H and O–H groups in total. The van der Waals surface area contributed by atoms with Crippen molar-refractivity contribution in [2.24, 2.45) is 0 Å². The predicted molar refractivity (Wildman–Crippen MR) is 86.4 cm³/mol. The van der Waals surface area contributed by atoms with E-state index in [9.17, 15) is 4.39 Å². The third kappa shape index (κ3) is 2.89. The molecule has 1 heterocycles. The lowest BCUT2D eigenvalue weighted by Gasteiger charge is -2.11. The summed E-state index contributed by atoms with van der Waals surface area (Å²) in [4.78, 5) is 1.27. The summed E-state index contributed by atoms with van der Waals surface area (Å²) in [6.07, 6.45) is 0. The van der Waals surface area contributed by atoms with Crippen molar-refractivity contribution in [2.45, 2.75) is 18.7 Å². The van der Waals surface area contributed by atoms with Crippen LogP contribution in [0.5, 0.6) is 0 Å². The molecule has 0 saturated carbocycles. The molecule has 5 heteroatoms. The first-order chi connectivity index (χ1) is 8.40. The fourth-order valence-electron chi connectivity index (χ4n) is 1.78. The van der Waals surface area contributed by atoms with Crippen LogP contribution in [0.25, 0.3) is 0 Å². The van der Waals surface area contributed by atoms with Crippen LogP contribution in [0.4, 0.5) is 4.39 Å². The highest BCUT2D eigenvalue weighted by molar-refractivity contribution is 9.13. The van der Waals surface area contributed by atoms with Crippen LogP contribution in [0.15, 0.2) is 26.5 Å². The van der Waals surface area contributed by atoms with E-state index >= 15 is 0 Å². The minimum atomic E-state index is -0.119. The second-order valence-electron chi connectivity index (χ2n) is 4.10. The van der Waals surface area contributed by atoms with Crippen LogP contribution in [-0.2, 0) is 0 Å². The van der Waals surface area contributed by atoms with Crippen LogP contribution in [0, 0.1) is 19.7 Å². The summed E-state index contributed by atoms with van der Waals surface area (Å²) in [6, 6.07) is 5.86. The Kier molecular flexibility index (Phi) is 4.68. The number of benzene rings is 1. The van der Waals surface area contributed by atoms with Gasteiger partial charge in [-0.1, -0.05) is 28.1 Å². The van der Waals surface area contributed by atoms with Crippen molar-refractivity contribution < 1.29 is 4.39 Å². The smallest absolute Gasteiger partial charge is 0.129 e. The van der Waals surface area contributed by atoms with Gasteiger partial charge >= 0.3 is 0 Å². The Hall–Kier alpha value is 0.290. The Bertz CT molecular complexity index is 549. The van der Waals surface area contributed by atoms with Gasteiger partial charge in [-0.05, 0) is 68.5 Å². The second-order valence-corrected chi connectivity index (χ2v) is 8.27. The highest BCUT2D eigenvalue weighted by Crippen LogP contribution is 2.41. The summed E-state index contributed by atoms with van der Waals surface area (Å²) in [5, 5.41) is 0. The first kappa shape index (κ1) is 14.7. The van der Waals surface area contributed by atoms with Crippen molar-refractivity contribution in [3.05, 3.63) is 53.8 Å². The van der Waals surface area contributed by atoms with E-state index in [2.05, 4.69) is 53.9 Å². The quantitative estimate of drug-likeness (QED) is 0.451. The molecule has 0 spiro atoms. The van der Waals surface area contributed by atoms with Crippen molar-refractivity contribution >= 4 is 59.1 Å². The SMILES string of the molecule is Cc1cc(C(Br)c2cc(Br)c(Br)s2)cc(C)c1F. The Labute approximate surface area is 135 Å². The van der Waals surface area contributed by atoms with Gasteiger partial charge in [-0.15, -0.1) is 11.3 Å². The molecule has 1 atom stereocenters. The van der Waals surface area contributed by atoms with Crippen molar-refractivity contribution in [1.82, 2.24) is 0 Å². The van der Waals surface area contributed by atoms with Crippen LogP contribution in [0.2, 0.25) is 0 Å². The molecule has 0 amide bonds. The minimum Gasteiger partial charge on any atom is -0.206 e. The number of aryl methyl sites for hydroxylation is 2. The number of halogens is 4. The molecular weight excluding hydrogens is 447 g/mol. The summed E-state index contributed by atoms with van der Waals surface area (Å²) in [7, 11) is 0. The summed E-state index contributed by atoms with van der Waals surface area (Å²) in [5.74, 6) is -0.119. The monoisotopic (exact) mass is 454 g/mol. The minimum absolute atomic E-state index is 0.0862. The van der Waals surface area contributed by atoms with Crippen LogP contribution >= 0.6 is 59.1 Å². The molecule has 2 rings (SSSR count). The summed E-state index contributed by atoms with van der Waals surface area (Å²) < 4.78 is 15.7. The molecule has 0 saturated heterocycles. The molecule has 18 heavy (non-hydrogen) atoms. The molecule has 0 fully saturated rings. The summed E-state index contributed by atoms with van der Waals surface area (Å²) in [6.45, 7) is 3.59. The fraction of sp³-hybridized carbons (Fsp3) is 0.231. The highest BCUT2D eigenvalue weighted by Gasteiger charge is 2.17. The van der Waals surface area contributed by atoms with Crippen LogP contribution in [-0.4, -0.2) is 0 Å². The topological polar surface area (TPSA) is 0 Å². The van der Waals surface area contributed by atoms with Gasteiger partial charge in [0.1, 0.15) is 5.82 Å². The van der Waals surface area contributed by atoms with E-state index < -0.39 is 0 Å². The number of hydrogen-bond donors (Lipinski definition) is 0. The lowest BCUT2D eigenvalue weighted by Crippen LogP contribution is -1.95. The summed E-state index contributed by atoms with van der Waals surface area (Å²) >= 11 is 12.3. The van der Waals surface area contributed by atoms with E-state index in [-0.39, 0.29) is 10.6 Å². The molecule has 0 aliphatic heterocycles. The Morgan fingerprint density at radius 2 is 1.67 bits per heavy atom. The van der Waals surface area contributed by atoms with Crippen LogP contribution < -0.4 is 0 Å². The van der Waals surface area contributed by atoms with E-state index in [1.165, 1.54) is 4.88 Å². The van der Waals surface area contributed by atoms with Gasteiger partial charge in [-0.3, -0.25) is 0 Å². The Balaban J connectivity index is 2.42. The maximum Gasteiger partial charge on any atom is 0.129 e.